The predicted octanol–water partition coefficient (Wildman–Crippen LogP) is 4.30. The third-order valence-electron chi connectivity index (χ3n) is 4.99. The maximum absolute atomic E-state index is 13.4. The van der Waals surface area contributed by atoms with Crippen LogP contribution in [0.2, 0.25) is 0 Å². The summed E-state index contributed by atoms with van der Waals surface area (Å²) in [6.07, 6.45) is 0.611. The third-order valence-corrected chi connectivity index (χ3v) is 6.78. The third kappa shape index (κ3) is 5.45. The van der Waals surface area contributed by atoms with Gasteiger partial charge in [-0.05, 0) is 60.5 Å². The smallest absolute Gasteiger partial charge is 0.264 e. The number of rotatable bonds is 9. The quantitative estimate of drug-likeness (QED) is 0.521. The van der Waals surface area contributed by atoms with Crippen LogP contribution in [0.15, 0.2) is 83.8 Å². The molecular weight excluding hydrogens is 431 g/mol. The van der Waals surface area contributed by atoms with Crippen LogP contribution in [0.1, 0.15) is 24.9 Å². The highest BCUT2D eigenvalue weighted by atomic mass is 32.2. The largest absolute Gasteiger partial charge is 0.497 e. The van der Waals surface area contributed by atoms with Crippen molar-refractivity contribution in [3.05, 3.63) is 90.2 Å². The van der Waals surface area contributed by atoms with Crippen LogP contribution in [-0.2, 0) is 14.8 Å². The molecule has 0 saturated carbocycles. The molecule has 168 valence electrons. The van der Waals surface area contributed by atoms with Crippen molar-refractivity contribution in [1.29, 1.82) is 0 Å². The summed E-state index contributed by atoms with van der Waals surface area (Å²) in [4.78, 5) is 13.0. The number of halogens is 1. The van der Waals surface area contributed by atoms with Gasteiger partial charge in [0.25, 0.3) is 10.0 Å². The fraction of sp³-hybridized carbons (Fsp3) is 0.208. The van der Waals surface area contributed by atoms with E-state index < -0.39 is 28.3 Å². The van der Waals surface area contributed by atoms with Crippen LogP contribution in [0, 0.1) is 5.82 Å². The molecule has 32 heavy (non-hydrogen) atoms. The molecule has 6 nitrogen and oxygen atoms in total. The SMILES string of the molecule is CCC(NC(=O)CN(c1ccc(F)cc1)S(=O)(=O)c1ccccc1)c1ccc(OC)cc1. The molecule has 1 amide bonds. The minimum atomic E-state index is -4.04. The Kier molecular flexibility index (Phi) is 7.48. The number of anilines is 1. The predicted molar refractivity (Wildman–Crippen MR) is 122 cm³/mol. The van der Waals surface area contributed by atoms with Gasteiger partial charge >= 0.3 is 0 Å². The van der Waals surface area contributed by atoms with Gasteiger partial charge in [-0.3, -0.25) is 9.10 Å². The monoisotopic (exact) mass is 456 g/mol. The first-order valence-electron chi connectivity index (χ1n) is 10.1. The molecule has 1 atom stereocenters. The molecule has 0 spiro atoms. The maximum Gasteiger partial charge on any atom is 0.264 e. The fourth-order valence-corrected chi connectivity index (χ4v) is 4.71. The number of carbonyl (C=O) groups is 1. The highest BCUT2D eigenvalue weighted by Gasteiger charge is 2.28. The van der Waals surface area contributed by atoms with Crippen molar-refractivity contribution in [2.45, 2.75) is 24.3 Å². The van der Waals surface area contributed by atoms with Gasteiger partial charge in [-0.1, -0.05) is 37.3 Å². The van der Waals surface area contributed by atoms with Gasteiger partial charge in [0.2, 0.25) is 5.91 Å². The van der Waals surface area contributed by atoms with Crippen molar-refractivity contribution in [3.8, 4) is 5.75 Å². The van der Waals surface area contributed by atoms with Crippen LogP contribution >= 0.6 is 0 Å². The second-order valence-electron chi connectivity index (χ2n) is 7.10. The van der Waals surface area contributed by atoms with E-state index in [1.807, 2.05) is 19.1 Å². The maximum atomic E-state index is 13.4. The Labute approximate surface area is 187 Å². The molecule has 0 fully saturated rings. The second-order valence-corrected chi connectivity index (χ2v) is 8.96. The van der Waals surface area contributed by atoms with Crippen molar-refractivity contribution in [2.24, 2.45) is 0 Å². The molecule has 0 bridgehead atoms. The van der Waals surface area contributed by atoms with Crippen molar-refractivity contribution < 1.29 is 22.3 Å². The lowest BCUT2D eigenvalue weighted by Gasteiger charge is -2.25. The van der Waals surface area contributed by atoms with Gasteiger partial charge in [-0.2, -0.15) is 0 Å². The van der Waals surface area contributed by atoms with Crippen LogP contribution in [0.3, 0.4) is 0 Å². The first-order valence-corrected chi connectivity index (χ1v) is 11.6. The zero-order valence-electron chi connectivity index (χ0n) is 17.9. The number of hydrogen-bond donors (Lipinski definition) is 1. The summed E-state index contributed by atoms with van der Waals surface area (Å²) in [6, 6.07) is 19.8. The number of benzene rings is 3. The van der Waals surface area contributed by atoms with Crippen molar-refractivity contribution in [3.63, 3.8) is 0 Å². The molecule has 0 radical (unpaired) electrons. The summed E-state index contributed by atoms with van der Waals surface area (Å²) in [5.74, 6) is -0.274. The van der Waals surface area contributed by atoms with E-state index in [1.165, 1.54) is 24.3 Å². The average molecular weight is 457 g/mol. The Morgan fingerprint density at radius 2 is 1.62 bits per heavy atom. The molecule has 0 heterocycles. The topological polar surface area (TPSA) is 75.7 Å². The van der Waals surface area contributed by atoms with Gasteiger partial charge < -0.3 is 10.1 Å². The highest BCUT2D eigenvalue weighted by Crippen LogP contribution is 2.25. The standard InChI is InChI=1S/C24H25FN2O4S/c1-3-23(18-9-15-21(31-2)16-10-18)26-24(28)17-27(20-13-11-19(25)12-14-20)32(29,30)22-7-5-4-6-8-22/h4-16,23H,3,17H2,1-2H3,(H,26,28). The number of carbonyl (C=O) groups excluding carboxylic acids is 1. The van der Waals surface area contributed by atoms with E-state index in [-0.39, 0.29) is 16.6 Å². The number of amides is 1. The van der Waals surface area contributed by atoms with Gasteiger partial charge in [0, 0.05) is 0 Å². The van der Waals surface area contributed by atoms with Crippen LogP contribution in [-0.4, -0.2) is 28.0 Å². The molecule has 0 aliphatic rings. The number of ether oxygens (including phenoxy) is 1. The van der Waals surface area contributed by atoms with Crippen molar-refractivity contribution in [1.82, 2.24) is 5.32 Å². The summed E-state index contributed by atoms with van der Waals surface area (Å²) in [7, 11) is -2.47. The van der Waals surface area contributed by atoms with Crippen molar-refractivity contribution >= 4 is 21.6 Å². The number of hydrogen-bond acceptors (Lipinski definition) is 4. The van der Waals surface area contributed by atoms with E-state index in [4.69, 9.17) is 4.74 Å². The minimum Gasteiger partial charge on any atom is -0.497 e. The highest BCUT2D eigenvalue weighted by molar-refractivity contribution is 7.92. The van der Waals surface area contributed by atoms with Gasteiger partial charge in [0.15, 0.2) is 0 Å². The molecular formula is C24H25FN2O4S. The van der Waals surface area contributed by atoms with Crippen LogP contribution in [0.4, 0.5) is 10.1 Å². The van der Waals surface area contributed by atoms with E-state index >= 15 is 0 Å². The average Bonchev–Trinajstić information content (AvgIpc) is 2.82. The first-order chi connectivity index (χ1) is 15.3. The summed E-state index contributed by atoms with van der Waals surface area (Å²) in [5.41, 5.74) is 1.07. The van der Waals surface area contributed by atoms with E-state index in [2.05, 4.69) is 5.32 Å². The van der Waals surface area contributed by atoms with Crippen LogP contribution in [0.25, 0.3) is 0 Å². The molecule has 1 unspecified atom stereocenters. The summed E-state index contributed by atoms with van der Waals surface area (Å²) in [5, 5.41) is 2.90. The molecule has 0 saturated heterocycles. The molecule has 0 aromatic heterocycles. The van der Waals surface area contributed by atoms with E-state index in [9.17, 15) is 17.6 Å². The number of methoxy groups -OCH3 is 1. The lowest BCUT2D eigenvalue weighted by molar-refractivity contribution is -0.120. The van der Waals surface area contributed by atoms with Crippen LogP contribution in [0.5, 0.6) is 5.75 Å². The Morgan fingerprint density at radius 3 is 2.19 bits per heavy atom. The van der Waals surface area contributed by atoms with E-state index in [1.54, 1.807) is 37.4 Å². The number of nitrogens with zero attached hydrogens (tertiary/aromatic N) is 1. The molecule has 1 N–H and O–H groups in total. The second kappa shape index (κ2) is 10.3. The number of nitrogens with one attached hydrogen (secondary N) is 1. The van der Waals surface area contributed by atoms with E-state index in [0.717, 1.165) is 22.0 Å². The lowest BCUT2D eigenvalue weighted by Crippen LogP contribution is -2.42. The molecule has 3 aromatic carbocycles. The summed E-state index contributed by atoms with van der Waals surface area (Å²) in [6.45, 7) is 1.48. The minimum absolute atomic E-state index is 0.0410. The molecule has 3 rings (SSSR count). The van der Waals surface area contributed by atoms with Gasteiger partial charge in [0.05, 0.1) is 23.7 Å². The summed E-state index contributed by atoms with van der Waals surface area (Å²) >= 11 is 0. The van der Waals surface area contributed by atoms with Crippen LogP contribution < -0.4 is 14.4 Å². The number of sulfonamides is 1. The lowest BCUT2D eigenvalue weighted by atomic mass is 10.0. The molecule has 0 aliphatic heterocycles. The summed E-state index contributed by atoms with van der Waals surface area (Å²) < 4.78 is 46.2. The van der Waals surface area contributed by atoms with Gasteiger partial charge in [-0.15, -0.1) is 0 Å². The Morgan fingerprint density at radius 1 is 1.00 bits per heavy atom. The Bertz CT molecular complexity index is 1130. The Hall–Kier alpha value is -3.39. The van der Waals surface area contributed by atoms with Gasteiger partial charge in [0.1, 0.15) is 18.1 Å². The zero-order chi connectivity index (χ0) is 23.1. The van der Waals surface area contributed by atoms with E-state index in [0.29, 0.717) is 12.2 Å². The molecule has 8 heteroatoms. The first kappa shape index (κ1) is 23.3. The molecule has 0 aliphatic carbocycles. The zero-order valence-corrected chi connectivity index (χ0v) is 18.7. The van der Waals surface area contributed by atoms with Crippen molar-refractivity contribution in [2.75, 3.05) is 18.0 Å². The van der Waals surface area contributed by atoms with Gasteiger partial charge in [-0.25, -0.2) is 12.8 Å². The Balaban J connectivity index is 1.86. The normalized spacial score (nSPS) is 12.1. The molecule has 3 aromatic rings. The fourth-order valence-electron chi connectivity index (χ4n) is 3.27.